The molecule has 2 heterocycles. The van der Waals surface area contributed by atoms with Crippen LogP contribution in [0.15, 0.2) is 42.5 Å². The van der Waals surface area contributed by atoms with Crippen molar-refractivity contribution in [2.24, 2.45) is 7.05 Å². The SMILES string of the molecule is Cn1c(COc2ccc(CC3SC(=O)NC3=O)cc2)nc2ccc(Oc3c(F)c(F)c(F)c(F)c3F)cc21. The number of fused-ring (bicyclic) bond motifs is 1. The zero-order valence-electron chi connectivity index (χ0n) is 19.4. The van der Waals surface area contributed by atoms with E-state index < -0.39 is 40.1 Å². The molecule has 1 atom stereocenters. The first-order chi connectivity index (χ1) is 18.1. The van der Waals surface area contributed by atoms with Gasteiger partial charge in [-0.3, -0.25) is 14.9 Å². The molecule has 1 unspecified atom stereocenters. The van der Waals surface area contributed by atoms with Gasteiger partial charge < -0.3 is 14.0 Å². The van der Waals surface area contributed by atoms with Gasteiger partial charge in [-0.05, 0) is 36.2 Å². The summed E-state index contributed by atoms with van der Waals surface area (Å²) >= 11 is 0.952. The van der Waals surface area contributed by atoms with Gasteiger partial charge in [0.1, 0.15) is 23.9 Å². The number of carbonyl (C=O) groups is 2. The maximum atomic E-state index is 14.0. The lowest BCUT2D eigenvalue weighted by Gasteiger charge is -2.10. The number of ether oxygens (including phenoxy) is 2. The number of hydrogen-bond acceptors (Lipinski definition) is 6. The molecule has 7 nitrogen and oxygen atoms in total. The molecule has 0 saturated carbocycles. The molecule has 3 aromatic carbocycles. The molecule has 0 radical (unpaired) electrons. The predicted octanol–water partition coefficient (Wildman–Crippen LogP) is 5.53. The number of carbonyl (C=O) groups excluding carboxylic acids is 2. The maximum absolute atomic E-state index is 14.0. The summed E-state index contributed by atoms with van der Waals surface area (Å²) in [5.41, 5.74) is 1.79. The van der Waals surface area contributed by atoms with Crippen molar-refractivity contribution in [2.45, 2.75) is 18.3 Å². The van der Waals surface area contributed by atoms with Crippen LogP contribution in [0.2, 0.25) is 0 Å². The second kappa shape index (κ2) is 9.97. The average Bonchev–Trinajstić information content (AvgIpc) is 3.40. The largest absolute Gasteiger partial charge is 0.486 e. The number of aryl methyl sites for hydroxylation is 1. The van der Waals surface area contributed by atoms with E-state index in [0.29, 0.717) is 29.0 Å². The molecule has 2 amide bonds. The van der Waals surface area contributed by atoms with Crippen LogP contribution in [0.4, 0.5) is 26.7 Å². The molecule has 0 spiro atoms. The summed E-state index contributed by atoms with van der Waals surface area (Å²) in [4.78, 5) is 27.5. The normalized spacial score (nSPS) is 15.3. The molecule has 1 saturated heterocycles. The quantitative estimate of drug-likeness (QED) is 0.185. The molecule has 0 bridgehead atoms. The molecule has 196 valence electrons. The highest BCUT2D eigenvalue weighted by Crippen LogP contribution is 2.34. The van der Waals surface area contributed by atoms with Crippen molar-refractivity contribution >= 4 is 33.9 Å². The zero-order chi connectivity index (χ0) is 27.1. The number of amides is 2. The van der Waals surface area contributed by atoms with Gasteiger partial charge in [0.15, 0.2) is 0 Å². The third-order valence-corrected chi connectivity index (χ3v) is 6.80. The molecule has 1 N–H and O–H groups in total. The van der Waals surface area contributed by atoms with Gasteiger partial charge in [0, 0.05) is 13.1 Å². The van der Waals surface area contributed by atoms with E-state index in [1.807, 2.05) is 0 Å². The third-order valence-electron chi connectivity index (χ3n) is 5.81. The summed E-state index contributed by atoms with van der Waals surface area (Å²) < 4.78 is 80.7. The van der Waals surface area contributed by atoms with Crippen molar-refractivity contribution < 1.29 is 41.0 Å². The van der Waals surface area contributed by atoms with Crippen LogP contribution in [0.5, 0.6) is 17.2 Å². The lowest BCUT2D eigenvalue weighted by Crippen LogP contribution is -2.25. The van der Waals surface area contributed by atoms with Crippen molar-refractivity contribution in [1.29, 1.82) is 0 Å². The molecular weight excluding hydrogens is 533 g/mol. The highest BCUT2D eigenvalue weighted by molar-refractivity contribution is 8.15. The van der Waals surface area contributed by atoms with Crippen LogP contribution in [0.1, 0.15) is 11.4 Å². The fourth-order valence-electron chi connectivity index (χ4n) is 3.82. The van der Waals surface area contributed by atoms with Crippen LogP contribution in [0.3, 0.4) is 0 Å². The first kappa shape index (κ1) is 25.5. The van der Waals surface area contributed by atoms with Crippen LogP contribution in [0.25, 0.3) is 11.0 Å². The van der Waals surface area contributed by atoms with Gasteiger partial charge in [-0.2, -0.15) is 8.78 Å². The van der Waals surface area contributed by atoms with Crippen molar-refractivity contribution in [3.63, 3.8) is 0 Å². The highest BCUT2D eigenvalue weighted by Gasteiger charge is 2.31. The van der Waals surface area contributed by atoms with E-state index in [1.165, 1.54) is 18.2 Å². The van der Waals surface area contributed by atoms with Gasteiger partial charge in [0.05, 0.1) is 16.3 Å². The minimum Gasteiger partial charge on any atom is -0.486 e. The van der Waals surface area contributed by atoms with E-state index in [4.69, 9.17) is 9.47 Å². The molecule has 4 aromatic rings. The number of rotatable bonds is 7. The molecule has 0 aliphatic carbocycles. The molecular formula is C25H16F5N3O4S. The fourth-order valence-corrected chi connectivity index (χ4v) is 4.68. The van der Waals surface area contributed by atoms with Crippen LogP contribution in [-0.4, -0.2) is 25.9 Å². The number of imidazole rings is 1. The number of aromatic nitrogens is 2. The smallest absolute Gasteiger partial charge is 0.286 e. The summed E-state index contributed by atoms with van der Waals surface area (Å²) in [5.74, 6) is -11.5. The number of hydrogen-bond donors (Lipinski definition) is 1. The average molecular weight is 549 g/mol. The Morgan fingerprint density at radius 2 is 1.55 bits per heavy atom. The minimum absolute atomic E-state index is 0.0493. The molecule has 1 fully saturated rings. The standard InChI is InChI=1S/C25H16F5N3O4S/c1-33-15-9-13(37-23-21(29)19(27)18(26)20(28)22(23)30)6-7-14(15)31-17(33)10-36-12-4-2-11(3-5-12)8-16-24(34)32-25(35)38-16/h2-7,9,16H,8,10H2,1H3,(H,32,34,35). The van der Waals surface area contributed by atoms with E-state index in [1.54, 1.807) is 35.9 Å². The van der Waals surface area contributed by atoms with Gasteiger partial charge in [0.2, 0.25) is 40.7 Å². The van der Waals surface area contributed by atoms with Gasteiger partial charge in [-0.15, -0.1) is 0 Å². The minimum atomic E-state index is -2.27. The van der Waals surface area contributed by atoms with Gasteiger partial charge in [-0.25, -0.2) is 18.2 Å². The number of benzene rings is 3. The summed E-state index contributed by atoms with van der Waals surface area (Å²) in [5, 5.41) is 1.41. The molecule has 13 heteroatoms. The Morgan fingerprint density at radius 1 is 0.921 bits per heavy atom. The van der Waals surface area contributed by atoms with Crippen LogP contribution >= 0.6 is 11.8 Å². The first-order valence-electron chi connectivity index (χ1n) is 11.0. The Hall–Kier alpha value is -4.13. The van der Waals surface area contributed by atoms with E-state index in [9.17, 15) is 31.5 Å². The number of imide groups is 1. The first-order valence-corrected chi connectivity index (χ1v) is 11.9. The van der Waals surface area contributed by atoms with Crippen molar-refractivity contribution in [2.75, 3.05) is 0 Å². The number of nitrogens with zero attached hydrogens (tertiary/aromatic N) is 2. The van der Waals surface area contributed by atoms with Crippen LogP contribution < -0.4 is 14.8 Å². The van der Waals surface area contributed by atoms with Crippen molar-refractivity contribution in [3.8, 4) is 17.2 Å². The summed E-state index contributed by atoms with van der Waals surface area (Å²) in [6.07, 6.45) is 0.392. The maximum Gasteiger partial charge on any atom is 0.286 e. The molecule has 38 heavy (non-hydrogen) atoms. The van der Waals surface area contributed by atoms with E-state index in [2.05, 4.69) is 10.3 Å². The zero-order valence-corrected chi connectivity index (χ0v) is 20.2. The third kappa shape index (κ3) is 4.76. The van der Waals surface area contributed by atoms with Gasteiger partial charge in [-0.1, -0.05) is 23.9 Å². The second-order valence-electron chi connectivity index (χ2n) is 8.26. The highest BCUT2D eigenvalue weighted by atomic mass is 32.2. The molecule has 1 aliphatic rings. The topological polar surface area (TPSA) is 82.5 Å². The number of halogens is 5. The predicted molar refractivity (Wildman–Crippen MR) is 126 cm³/mol. The van der Waals surface area contributed by atoms with Crippen molar-refractivity contribution in [1.82, 2.24) is 14.9 Å². The van der Waals surface area contributed by atoms with E-state index >= 15 is 0 Å². The summed E-state index contributed by atoms with van der Waals surface area (Å²) in [6.45, 7) is 0.0493. The fraction of sp³-hybridized carbons (Fsp3) is 0.160. The molecule has 5 rings (SSSR count). The van der Waals surface area contributed by atoms with Gasteiger partial charge >= 0.3 is 0 Å². The summed E-state index contributed by atoms with van der Waals surface area (Å²) in [7, 11) is 1.66. The Balaban J connectivity index is 1.29. The lowest BCUT2D eigenvalue weighted by atomic mass is 10.1. The van der Waals surface area contributed by atoms with Crippen LogP contribution in [-0.2, 0) is 24.9 Å². The Morgan fingerprint density at radius 3 is 2.18 bits per heavy atom. The second-order valence-corrected chi connectivity index (χ2v) is 9.43. The van der Waals surface area contributed by atoms with E-state index in [0.717, 1.165) is 17.3 Å². The molecule has 1 aliphatic heterocycles. The van der Waals surface area contributed by atoms with Crippen molar-refractivity contribution in [3.05, 3.63) is 82.9 Å². The van der Waals surface area contributed by atoms with Crippen LogP contribution in [0, 0.1) is 29.1 Å². The summed E-state index contributed by atoms with van der Waals surface area (Å²) in [6, 6.07) is 11.1. The number of thioether (sulfide) groups is 1. The monoisotopic (exact) mass is 549 g/mol. The Bertz CT molecular complexity index is 1560. The Labute approximate surface area is 215 Å². The lowest BCUT2D eigenvalue weighted by molar-refractivity contribution is -0.118. The van der Waals surface area contributed by atoms with E-state index in [-0.39, 0.29) is 23.5 Å². The Kier molecular flexibility index (Phi) is 6.69. The molecule has 1 aromatic heterocycles. The number of nitrogens with one attached hydrogen (secondary N) is 1. The van der Waals surface area contributed by atoms with Gasteiger partial charge in [0.25, 0.3) is 5.24 Å².